The summed E-state index contributed by atoms with van der Waals surface area (Å²) in [4.78, 5) is 24.6. The Morgan fingerprint density at radius 1 is 1.42 bits per heavy atom. The number of carbonyl (C=O) groups excluding carboxylic acids is 1. The Balaban J connectivity index is 2.57. The normalized spacial score (nSPS) is 12.8. The average molecular weight is 281 g/mol. The fraction of sp³-hybridized carbons (Fsp3) is 0.429. The Kier molecular flexibility index (Phi) is 5.76. The molecule has 0 aliphatic heterocycles. The van der Waals surface area contributed by atoms with Gasteiger partial charge in [-0.05, 0) is 31.1 Å². The summed E-state index contributed by atoms with van der Waals surface area (Å²) in [5.41, 5.74) is 0. The minimum absolute atomic E-state index is 0.0602. The molecule has 0 fully saturated rings. The van der Waals surface area contributed by atoms with Crippen molar-refractivity contribution in [3.63, 3.8) is 0 Å². The molecular formula is C14H19NO3S. The summed E-state index contributed by atoms with van der Waals surface area (Å²) in [6.45, 7) is 5.78. The second-order valence-corrected chi connectivity index (χ2v) is 6.06. The number of aliphatic carboxylic acids is 1. The first-order valence-electron chi connectivity index (χ1n) is 6.15. The van der Waals surface area contributed by atoms with E-state index in [2.05, 4.69) is 5.32 Å². The highest BCUT2D eigenvalue weighted by atomic mass is 32.1. The third-order valence-corrected chi connectivity index (χ3v) is 3.65. The lowest BCUT2D eigenvalue weighted by molar-refractivity contribution is -0.138. The lowest BCUT2D eigenvalue weighted by Gasteiger charge is -2.19. The van der Waals surface area contributed by atoms with Crippen LogP contribution >= 0.6 is 11.3 Å². The second kappa shape index (κ2) is 7.09. The number of nitrogens with one attached hydrogen (secondary N) is 1. The summed E-state index contributed by atoms with van der Waals surface area (Å²) < 4.78 is 0. The molecule has 2 N–H and O–H groups in total. The Morgan fingerprint density at radius 3 is 2.58 bits per heavy atom. The van der Waals surface area contributed by atoms with E-state index in [1.165, 1.54) is 11.0 Å². The third kappa shape index (κ3) is 5.70. The lowest BCUT2D eigenvalue weighted by atomic mass is 10.0. The third-order valence-electron chi connectivity index (χ3n) is 2.69. The molecule has 0 spiro atoms. The molecule has 1 atom stereocenters. The number of carboxylic acid groups (broad SMARTS) is 1. The standard InChI is InChI=1S/C14H19NO3S/c1-9(2)12(8-14(17)18)15-13(16)7-6-11-5-4-10(3)19-11/h4-7,9,12H,8H2,1-3H3,(H,15,16)(H,17,18)/b7-6+. The van der Waals surface area contributed by atoms with Gasteiger partial charge in [0.25, 0.3) is 0 Å². The van der Waals surface area contributed by atoms with Crippen molar-refractivity contribution >= 4 is 29.3 Å². The molecule has 0 saturated carbocycles. The number of carboxylic acids is 1. The maximum atomic E-state index is 11.7. The zero-order valence-corrected chi connectivity index (χ0v) is 12.2. The Bertz CT molecular complexity index is 477. The molecule has 0 bridgehead atoms. The number of thiophene rings is 1. The molecule has 19 heavy (non-hydrogen) atoms. The summed E-state index contributed by atoms with van der Waals surface area (Å²) in [6.07, 6.45) is 3.13. The monoisotopic (exact) mass is 281 g/mol. The van der Waals surface area contributed by atoms with Crippen molar-refractivity contribution in [2.75, 3.05) is 0 Å². The van der Waals surface area contributed by atoms with Crippen molar-refractivity contribution in [3.8, 4) is 0 Å². The average Bonchev–Trinajstić information content (AvgIpc) is 2.71. The van der Waals surface area contributed by atoms with E-state index in [-0.39, 0.29) is 24.3 Å². The van der Waals surface area contributed by atoms with Gasteiger partial charge >= 0.3 is 5.97 Å². The van der Waals surface area contributed by atoms with Crippen LogP contribution in [0.25, 0.3) is 6.08 Å². The highest BCUT2D eigenvalue weighted by Crippen LogP contribution is 2.16. The van der Waals surface area contributed by atoms with Crippen LogP contribution in [0.15, 0.2) is 18.2 Å². The number of carbonyl (C=O) groups is 2. The van der Waals surface area contributed by atoms with Gasteiger partial charge in [0.2, 0.25) is 5.91 Å². The molecule has 1 amide bonds. The van der Waals surface area contributed by atoms with Crippen LogP contribution in [0, 0.1) is 12.8 Å². The maximum Gasteiger partial charge on any atom is 0.305 e. The summed E-state index contributed by atoms with van der Waals surface area (Å²) in [7, 11) is 0. The van der Waals surface area contributed by atoms with Gasteiger partial charge in [-0.3, -0.25) is 9.59 Å². The summed E-state index contributed by atoms with van der Waals surface area (Å²) in [6, 6.07) is 3.59. The van der Waals surface area contributed by atoms with E-state index in [1.54, 1.807) is 17.4 Å². The van der Waals surface area contributed by atoms with Crippen LogP contribution in [-0.2, 0) is 9.59 Å². The van der Waals surface area contributed by atoms with E-state index in [1.807, 2.05) is 32.9 Å². The van der Waals surface area contributed by atoms with Gasteiger partial charge in [-0.25, -0.2) is 0 Å². The largest absolute Gasteiger partial charge is 0.481 e. The van der Waals surface area contributed by atoms with Crippen LogP contribution in [0.4, 0.5) is 0 Å². The molecule has 1 aromatic heterocycles. The quantitative estimate of drug-likeness (QED) is 0.788. The molecule has 4 nitrogen and oxygen atoms in total. The van der Waals surface area contributed by atoms with E-state index in [4.69, 9.17) is 5.11 Å². The van der Waals surface area contributed by atoms with Crippen LogP contribution < -0.4 is 5.32 Å². The first-order valence-corrected chi connectivity index (χ1v) is 6.97. The molecule has 5 heteroatoms. The van der Waals surface area contributed by atoms with Crippen LogP contribution in [0.5, 0.6) is 0 Å². The number of aryl methyl sites for hydroxylation is 1. The van der Waals surface area contributed by atoms with E-state index in [9.17, 15) is 9.59 Å². The maximum absolute atomic E-state index is 11.7. The SMILES string of the molecule is Cc1ccc(/C=C/C(=O)NC(CC(=O)O)C(C)C)s1. The molecular weight excluding hydrogens is 262 g/mol. The van der Waals surface area contributed by atoms with Gasteiger partial charge in [0.15, 0.2) is 0 Å². The van der Waals surface area contributed by atoms with Gasteiger partial charge in [-0.2, -0.15) is 0 Å². The van der Waals surface area contributed by atoms with E-state index >= 15 is 0 Å². The van der Waals surface area contributed by atoms with Gasteiger partial charge < -0.3 is 10.4 Å². The van der Waals surface area contributed by atoms with Crippen molar-refractivity contribution < 1.29 is 14.7 Å². The molecule has 0 aliphatic carbocycles. The highest BCUT2D eigenvalue weighted by molar-refractivity contribution is 7.12. The van der Waals surface area contributed by atoms with Crippen molar-refractivity contribution in [3.05, 3.63) is 28.0 Å². The molecule has 0 aliphatic rings. The zero-order valence-electron chi connectivity index (χ0n) is 11.3. The first kappa shape index (κ1) is 15.4. The van der Waals surface area contributed by atoms with Gasteiger partial charge in [-0.15, -0.1) is 11.3 Å². The van der Waals surface area contributed by atoms with Gasteiger partial charge in [0.1, 0.15) is 0 Å². The van der Waals surface area contributed by atoms with Crippen molar-refractivity contribution in [2.45, 2.75) is 33.2 Å². The molecule has 104 valence electrons. The minimum atomic E-state index is -0.906. The molecule has 0 radical (unpaired) electrons. The summed E-state index contributed by atoms with van der Waals surface area (Å²) >= 11 is 1.60. The van der Waals surface area contributed by atoms with Crippen LogP contribution in [0.1, 0.15) is 30.0 Å². The van der Waals surface area contributed by atoms with Gasteiger partial charge in [-0.1, -0.05) is 13.8 Å². The Labute approximate surface area is 117 Å². The van der Waals surface area contributed by atoms with E-state index < -0.39 is 5.97 Å². The Morgan fingerprint density at radius 2 is 2.11 bits per heavy atom. The molecule has 0 saturated heterocycles. The zero-order chi connectivity index (χ0) is 14.4. The van der Waals surface area contributed by atoms with Crippen molar-refractivity contribution in [1.29, 1.82) is 0 Å². The molecule has 1 aromatic rings. The predicted molar refractivity (Wildman–Crippen MR) is 77.1 cm³/mol. The number of hydrogen-bond donors (Lipinski definition) is 2. The lowest BCUT2D eigenvalue weighted by Crippen LogP contribution is -2.39. The fourth-order valence-corrected chi connectivity index (χ4v) is 2.35. The molecule has 1 heterocycles. The first-order chi connectivity index (χ1) is 8.88. The number of rotatable bonds is 6. The fourth-order valence-electron chi connectivity index (χ4n) is 1.57. The smallest absolute Gasteiger partial charge is 0.305 e. The summed E-state index contributed by atoms with van der Waals surface area (Å²) in [5.74, 6) is -1.08. The van der Waals surface area contributed by atoms with Crippen LogP contribution in [-0.4, -0.2) is 23.0 Å². The van der Waals surface area contributed by atoms with Crippen LogP contribution in [0.3, 0.4) is 0 Å². The van der Waals surface area contributed by atoms with Gasteiger partial charge in [0.05, 0.1) is 6.42 Å². The van der Waals surface area contributed by atoms with E-state index in [0.717, 1.165) is 4.88 Å². The topological polar surface area (TPSA) is 66.4 Å². The van der Waals surface area contributed by atoms with Gasteiger partial charge in [0, 0.05) is 21.9 Å². The number of hydrogen-bond acceptors (Lipinski definition) is 3. The Hall–Kier alpha value is -1.62. The minimum Gasteiger partial charge on any atom is -0.481 e. The second-order valence-electron chi connectivity index (χ2n) is 4.74. The predicted octanol–water partition coefficient (Wildman–Crippen LogP) is 2.69. The van der Waals surface area contributed by atoms with Crippen molar-refractivity contribution in [1.82, 2.24) is 5.32 Å². The molecule has 1 rings (SSSR count). The molecule has 0 aromatic carbocycles. The van der Waals surface area contributed by atoms with Crippen molar-refractivity contribution in [2.24, 2.45) is 5.92 Å². The number of amides is 1. The summed E-state index contributed by atoms with van der Waals surface area (Å²) in [5, 5.41) is 11.5. The van der Waals surface area contributed by atoms with Crippen LogP contribution in [0.2, 0.25) is 0 Å². The van der Waals surface area contributed by atoms with E-state index in [0.29, 0.717) is 0 Å². The highest BCUT2D eigenvalue weighted by Gasteiger charge is 2.18. The molecule has 1 unspecified atom stereocenters.